The molecule has 0 saturated heterocycles. The molecule has 0 amide bonds. The largest absolute Gasteiger partial charge is 0.392 e. The van der Waals surface area contributed by atoms with E-state index in [0.29, 0.717) is 16.7 Å². The van der Waals surface area contributed by atoms with E-state index in [1.54, 1.807) is 6.20 Å². The minimum atomic E-state index is -0.274. The molecular weight excluding hydrogens is 298 g/mol. The van der Waals surface area contributed by atoms with Gasteiger partial charge in [0, 0.05) is 6.54 Å². The van der Waals surface area contributed by atoms with Gasteiger partial charge in [-0.05, 0) is 27.1 Å². The Labute approximate surface area is 112 Å². The van der Waals surface area contributed by atoms with Crippen molar-refractivity contribution in [3.8, 4) is 0 Å². The van der Waals surface area contributed by atoms with Gasteiger partial charge in [-0.2, -0.15) is 5.10 Å². The summed E-state index contributed by atoms with van der Waals surface area (Å²) in [6.07, 6.45) is 1.54. The average Bonchev–Trinajstić information content (AvgIpc) is 2.41. The van der Waals surface area contributed by atoms with E-state index in [-0.39, 0.29) is 12.2 Å². The monoisotopic (exact) mass is 309 g/mol. The highest BCUT2D eigenvalue weighted by molar-refractivity contribution is 9.10. The number of anilines is 1. The molecule has 2 rings (SSSR count). The van der Waals surface area contributed by atoms with Crippen LogP contribution in [-0.4, -0.2) is 15.3 Å². The van der Waals surface area contributed by atoms with Crippen LogP contribution in [0.25, 0.3) is 0 Å². The first-order valence-corrected chi connectivity index (χ1v) is 6.15. The minimum absolute atomic E-state index is 0.0180. The van der Waals surface area contributed by atoms with Gasteiger partial charge in [0.2, 0.25) is 0 Å². The van der Waals surface area contributed by atoms with Gasteiger partial charge in [0.1, 0.15) is 4.47 Å². The van der Waals surface area contributed by atoms with Gasteiger partial charge in [-0.3, -0.25) is 4.79 Å². The van der Waals surface area contributed by atoms with E-state index in [4.69, 9.17) is 5.11 Å². The van der Waals surface area contributed by atoms with Crippen molar-refractivity contribution in [2.45, 2.75) is 13.2 Å². The molecule has 0 radical (unpaired) electrons. The second-order valence-electron chi connectivity index (χ2n) is 3.76. The van der Waals surface area contributed by atoms with Crippen LogP contribution in [0.3, 0.4) is 0 Å². The first-order valence-electron chi connectivity index (χ1n) is 5.36. The Bertz CT molecular complexity index is 598. The smallest absolute Gasteiger partial charge is 0.280 e. The number of aliphatic hydroxyl groups is 1. The summed E-state index contributed by atoms with van der Waals surface area (Å²) in [7, 11) is 0. The molecule has 0 aliphatic rings. The number of nitrogens with zero attached hydrogens (tertiary/aromatic N) is 1. The van der Waals surface area contributed by atoms with Crippen molar-refractivity contribution in [2.24, 2.45) is 0 Å². The standard InChI is InChI=1S/C12H12BrN3O2/c13-11-10(6-15-16-12(11)18)14-5-8-2-1-3-9(4-8)7-17/h1-4,6,17H,5,7H2,(H2,14,16,18). The van der Waals surface area contributed by atoms with Crippen LogP contribution in [-0.2, 0) is 13.2 Å². The summed E-state index contributed by atoms with van der Waals surface area (Å²) in [5, 5.41) is 18.2. The molecule has 0 saturated carbocycles. The Balaban J connectivity index is 2.11. The van der Waals surface area contributed by atoms with Crippen LogP contribution in [0.4, 0.5) is 5.69 Å². The molecule has 5 nitrogen and oxygen atoms in total. The molecule has 0 spiro atoms. The molecule has 94 valence electrons. The van der Waals surface area contributed by atoms with Gasteiger partial charge in [0.05, 0.1) is 18.5 Å². The van der Waals surface area contributed by atoms with Gasteiger partial charge in [-0.1, -0.05) is 24.3 Å². The lowest BCUT2D eigenvalue weighted by molar-refractivity contribution is 0.281. The van der Waals surface area contributed by atoms with Crippen LogP contribution in [0.5, 0.6) is 0 Å². The lowest BCUT2D eigenvalue weighted by Gasteiger charge is -2.08. The van der Waals surface area contributed by atoms with Crippen LogP contribution >= 0.6 is 15.9 Å². The first kappa shape index (κ1) is 12.8. The molecule has 0 unspecified atom stereocenters. The molecule has 2 aromatic rings. The molecule has 0 fully saturated rings. The Morgan fingerprint density at radius 3 is 2.94 bits per heavy atom. The Morgan fingerprint density at radius 1 is 1.39 bits per heavy atom. The van der Waals surface area contributed by atoms with E-state index in [1.165, 1.54) is 0 Å². The molecule has 3 N–H and O–H groups in total. The molecule has 18 heavy (non-hydrogen) atoms. The molecule has 6 heteroatoms. The number of aromatic nitrogens is 2. The second kappa shape index (κ2) is 5.79. The average molecular weight is 310 g/mol. The second-order valence-corrected chi connectivity index (χ2v) is 4.55. The fourth-order valence-corrected chi connectivity index (χ4v) is 1.87. The quantitative estimate of drug-likeness (QED) is 0.802. The van der Waals surface area contributed by atoms with Crippen molar-refractivity contribution in [1.29, 1.82) is 0 Å². The van der Waals surface area contributed by atoms with Gasteiger partial charge in [-0.25, -0.2) is 5.10 Å². The normalized spacial score (nSPS) is 10.3. The molecule has 0 atom stereocenters. The molecule has 1 heterocycles. The molecule has 1 aromatic heterocycles. The summed E-state index contributed by atoms with van der Waals surface area (Å²) in [5.74, 6) is 0. The van der Waals surface area contributed by atoms with Crippen molar-refractivity contribution in [1.82, 2.24) is 10.2 Å². The Hall–Kier alpha value is -1.66. The summed E-state index contributed by atoms with van der Waals surface area (Å²) in [4.78, 5) is 11.3. The summed E-state index contributed by atoms with van der Waals surface area (Å²) in [6, 6.07) is 7.59. The molecule has 0 aliphatic carbocycles. The molecule has 1 aromatic carbocycles. The van der Waals surface area contributed by atoms with Gasteiger partial charge < -0.3 is 10.4 Å². The van der Waals surface area contributed by atoms with Crippen LogP contribution < -0.4 is 10.9 Å². The molecule has 0 aliphatic heterocycles. The number of halogens is 1. The van der Waals surface area contributed by atoms with Crippen LogP contribution in [0.1, 0.15) is 11.1 Å². The van der Waals surface area contributed by atoms with E-state index in [0.717, 1.165) is 11.1 Å². The fraction of sp³-hybridized carbons (Fsp3) is 0.167. The molecular formula is C12H12BrN3O2. The van der Waals surface area contributed by atoms with Crippen LogP contribution in [0, 0.1) is 0 Å². The van der Waals surface area contributed by atoms with Gasteiger partial charge >= 0.3 is 0 Å². The summed E-state index contributed by atoms with van der Waals surface area (Å²) < 4.78 is 0.427. The minimum Gasteiger partial charge on any atom is -0.392 e. The third-order valence-electron chi connectivity index (χ3n) is 2.45. The first-order chi connectivity index (χ1) is 8.70. The number of H-pyrrole nitrogens is 1. The molecule has 0 bridgehead atoms. The van der Waals surface area contributed by atoms with Gasteiger partial charge in [0.15, 0.2) is 0 Å². The van der Waals surface area contributed by atoms with Crippen LogP contribution in [0.2, 0.25) is 0 Å². The predicted molar refractivity (Wildman–Crippen MR) is 72.2 cm³/mol. The number of nitrogens with one attached hydrogen (secondary N) is 2. The highest BCUT2D eigenvalue weighted by Gasteiger charge is 2.03. The maximum absolute atomic E-state index is 11.3. The predicted octanol–water partition coefficient (Wildman–Crippen LogP) is 1.64. The highest BCUT2D eigenvalue weighted by atomic mass is 79.9. The maximum Gasteiger partial charge on any atom is 0.280 e. The topological polar surface area (TPSA) is 78.0 Å². The fourth-order valence-electron chi connectivity index (χ4n) is 1.54. The third-order valence-corrected chi connectivity index (χ3v) is 3.24. The van der Waals surface area contributed by atoms with Crippen molar-refractivity contribution in [3.63, 3.8) is 0 Å². The third kappa shape index (κ3) is 2.96. The maximum atomic E-state index is 11.3. The van der Waals surface area contributed by atoms with Crippen molar-refractivity contribution in [2.75, 3.05) is 5.32 Å². The SMILES string of the molecule is O=c1[nH]ncc(NCc2cccc(CO)c2)c1Br. The number of benzene rings is 1. The van der Waals surface area contributed by atoms with E-state index in [2.05, 4.69) is 31.4 Å². The summed E-state index contributed by atoms with van der Waals surface area (Å²) in [5.41, 5.74) is 2.24. The van der Waals surface area contributed by atoms with E-state index >= 15 is 0 Å². The van der Waals surface area contributed by atoms with E-state index in [1.807, 2.05) is 24.3 Å². The van der Waals surface area contributed by atoms with Crippen molar-refractivity contribution in [3.05, 3.63) is 56.4 Å². The summed E-state index contributed by atoms with van der Waals surface area (Å²) in [6.45, 7) is 0.571. The van der Waals surface area contributed by atoms with E-state index in [9.17, 15) is 4.79 Å². The Morgan fingerprint density at radius 2 is 2.17 bits per heavy atom. The highest BCUT2D eigenvalue weighted by Crippen LogP contribution is 2.16. The van der Waals surface area contributed by atoms with Crippen LogP contribution in [0.15, 0.2) is 39.7 Å². The zero-order chi connectivity index (χ0) is 13.0. The number of aromatic amines is 1. The van der Waals surface area contributed by atoms with Gasteiger partial charge in [0.25, 0.3) is 5.56 Å². The van der Waals surface area contributed by atoms with Crippen molar-refractivity contribution < 1.29 is 5.11 Å². The lowest BCUT2D eigenvalue weighted by atomic mass is 10.1. The lowest BCUT2D eigenvalue weighted by Crippen LogP contribution is -2.12. The zero-order valence-corrected chi connectivity index (χ0v) is 11.1. The number of hydrogen-bond acceptors (Lipinski definition) is 4. The van der Waals surface area contributed by atoms with E-state index < -0.39 is 0 Å². The Kier molecular flexibility index (Phi) is 4.11. The number of aliphatic hydroxyl groups excluding tert-OH is 1. The van der Waals surface area contributed by atoms with Gasteiger partial charge in [-0.15, -0.1) is 0 Å². The number of rotatable bonds is 4. The zero-order valence-electron chi connectivity index (χ0n) is 9.48. The van der Waals surface area contributed by atoms with Crippen molar-refractivity contribution >= 4 is 21.6 Å². The summed E-state index contributed by atoms with van der Waals surface area (Å²) >= 11 is 3.20. The number of hydrogen-bond donors (Lipinski definition) is 3.